The number of hydrogen-bond donors (Lipinski definition) is 1. The highest BCUT2D eigenvalue weighted by molar-refractivity contribution is 7.85. The zero-order valence-electron chi connectivity index (χ0n) is 14.4. The average Bonchev–Trinajstić information content (AvgIpc) is 2.65. The second kappa shape index (κ2) is 7.61. The van der Waals surface area contributed by atoms with Crippen LogP contribution in [-0.2, 0) is 10.8 Å². The van der Waals surface area contributed by atoms with E-state index >= 15 is 0 Å². The van der Waals surface area contributed by atoms with Crippen molar-refractivity contribution in [1.29, 1.82) is 0 Å². The second-order valence-corrected chi connectivity index (χ2v) is 7.07. The van der Waals surface area contributed by atoms with Crippen LogP contribution in [0.15, 0.2) is 41.3 Å². The van der Waals surface area contributed by atoms with Crippen molar-refractivity contribution < 1.29 is 28.3 Å². The molecule has 1 aliphatic rings. The molecule has 2 aromatic rings. The van der Waals surface area contributed by atoms with Crippen molar-refractivity contribution in [2.45, 2.75) is 4.90 Å². The number of allylic oxidation sites excluding steroid dienone is 1. The first kappa shape index (κ1) is 18.0. The van der Waals surface area contributed by atoms with Crippen LogP contribution in [0.1, 0.15) is 15.9 Å². The van der Waals surface area contributed by atoms with Gasteiger partial charge in [0.15, 0.2) is 17.3 Å². The first-order valence-corrected chi connectivity index (χ1v) is 9.18. The molecule has 136 valence electrons. The lowest BCUT2D eigenvalue weighted by atomic mass is 10.1. The molecule has 26 heavy (non-hydrogen) atoms. The Morgan fingerprint density at radius 2 is 1.96 bits per heavy atom. The summed E-state index contributed by atoms with van der Waals surface area (Å²) in [5, 5.41) is 9.80. The molecule has 0 aliphatic carbocycles. The molecular formula is C19H18O6S. The summed E-state index contributed by atoms with van der Waals surface area (Å²) in [6, 6.07) is 7.98. The Hall–Kier alpha value is -2.80. The zero-order chi connectivity index (χ0) is 18.7. The quantitative estimate of drug-likeness (QED) is 0.640. The van der Waals surface area contributed by atoms with Gasteiger partial charge in [-0.2, -0.15) is 0 Å². The van der Waals surface area contributed by atoms with Crippen LogP contribution in [-0.4, -0.2) is 41.7 Å². The summed E-state index contributed by atoms with van der Waals surface area (Å²) in [7, 11) is 1.76. The summed E-state index contributed by atoms with van der Waals surface area (Å²) in [5.74, 6) is 1.26. The Labute approximate surface area is 153 Å². The summed E-state index contributed by atoms with van der Waals surface area (Å²) in [4.78, 5) is 13.1. The maximum absolute atomic E-state index is 12.6. The van der Waals surface area contributed by atoms with Gasteiger partial charge >= 0.3 is 0 Å². The molecule has 7 heteroatoms. The molecular weight excluding hydrogens is 356 g/mol. The topological polar surface area (TPSA) is 82.1 Å². The van der Waals surface area contributed by atoms with Crippen LogP contribution in [0, 0.1) is 0 Å². The molecule has 0 saturated carbocycles. The normalized spacial score (nSPS) is 16.0. The third-order valence-electron chi connectivity index (χ3n) is 3.93. The highest BCUT2D eigenvalue weighted by atomic mass is 32.2. The Morgan fingerprint density at radius 1 is 1.19 bits per heavy atom. The highest BCUT2D eigenvalue weighted by Crippen LogP contribution is 2.34. The molecule has 1 unspecified atom stereocenters. The fraction of sp³-hybridized carbons (Fsp3) is 0.211. The zero-order valence-corrected chi connectivity index (χ0v) is 15.2. The number of rotatable bonds is 5. The molecule has 0 amide bonds. The van der Waals surface area contributed by atoms with Gasteiger partial charge in [-0.1, -0.05) is 12.1 Å². The highest BCUT2D eigenvalue weighted by Gasteiger charge is 2.22. The number of carbonyl (C=O) groups excluding carboxylic acids is 1. The van der Waals surface area contributed by atoms with Crippen LogP contribution >= 0.6 is 0 Å². The lowest BCUT2D eigenvalue weighted by Gasteiger charge is -2.18. The number of hydrogen-bond acceptors (Lipinski definition) is 6. The van der Waals surface area contributed by atoms with Gasteiger partial charge in [-0.25, -0.2) is 0 Å². The standard InChI is InChI=1S/C19H18O6S/c1-23-16-6-4-12(9-15(16)21)3-5-14(20)13-10-18-19(11-17(13)24-2)26(22)8-7-25-18/h3-6,9-11,21H,7-8H2,1-2H3/b5-3+. The predicted octanol–water partition coefficient (Wildman–Crippen LogP) is 2.81. The van der Waals surface area contributed by atoms with E-state index in [1.165, 1.54) is 26.4 Å². The van der Waals surface area contributed by atoms with E-state index in [-0.39, 0.29) is 11.5 Å². The summed E-state index contributed by atoms with van der Waals surface area (Å²) >= 11 is 0. The molecule has 0 spiro atoms. The number of phenolic OH excluding ortho intramolecular Hbond substituents is 1. The van der Waals surface area contributed by atoms with Crippen LogP contribution in [0.4, 0.5) is 0 Å². The van der Waals surface area contributed by atoms with Crippen molar-refractivity contribution in [2.24, 2.45) is 0 Å². The number of carbonyl (C=O) groups is 1. The third-order valence-corrected chi connectivity index (χ3v) is 5.28. The van der Waals surface area contributed by atoms with Gasteiger partial charge in [0.1, 0.15) is 18.1 Å². The van der Waals surface area contributed by atoms with Gasteiger partial charge in [0.25, 0.3) is 0 Å². The van der Waals surface area contributed by atoms with Crippen LogP contribution in [0.2, 0.25) is 0 Å². The van der Waals surface area contributed by atoms with E-state index in [2.05, 4.69) is 0 Å². The van der Waals surface area contributed by atoms with Gasteiger partial charge in [0.2, 0.25) is 0 Å². The smallest absolute Gasteiger partial charge is 0.189 e. The van der Waals surface area contributed by atoms with E-state index < -0.39 is 10.8 Å². The maximum atomic E-state index is 12.6. The summed E-state index contributed by atoms with van der Waals surface area (Å²) in [6.45, 7) is 0.348. The molecule has 1 atom stereocenters. The van der Waals surface area contributed by atoms with Crippen LogP contribution in [0.5, 0.6) is 23.0 Å². The molecule has 0 saturated heterocycles. The monoisotopic (exact) mass is 374 g/mol. The predicted molar refractivity (Wildman–Crippen MR) is 97.8 cm³/mol. The Bertz CT molecular complexity index is 903. The van der Waals surface area contributed by atoms with Crippen molar-refractivity contribution in [3.05, 3.63) is 47.5 Å². The van der Waals surface area contributed by atoms with E-state index in [0.717, 1.165) is 0 Å². The lowest BCUT2D eigenvalue weighted by Crippen LogP contribution is -2.17. The van der Waals surface area contributed by atoms with Crippen LogP contribution in [0.25, 0.3) is 6.08 Å². The Balaban J connectivity index is 1.90. The van der Waals surface area contributed by atoms with Crippen molar-refractivity contribution in [3.8, 4) is 23.0 Å². The summed E-state index contributed by atoms with van der Waals surface area (Å²) in [5.41, 5.74) is 0.963. The second-order valence-electron chi connectivity index (χ2n) is 5.53. The number of benzene rings is 2. The molecule has 3 rings (SSSR count). The summed E-state index contributed by atoms with van der Waals surface area (Å²) < 4.78 is 27.9. The number of aromatic hydroxyl groups is 1. The van der Waals surface area contributed by atoms with Gasteiger partial charge < -0.3 is 19.3 Å². The fourth-order valence-electron chi connectivity index (χ4n) is 2.60. The van der Waals surface area contributed by atoms with Crippen LogP contribution in [0.3, 0.4) is 0 Å². The Kier molecular flexibility index (Phi) is 5.27. The van der Waals surface area contributed by atoms with Crippen molar-refractivity contribution in [3.63, 3.8) is 0 Å². The first-order valence-electron chi connectivity index (χ1n) is 7.86. The van der Waals surface area contributed by atoms with Crippen molar-refractivity contribution in [1.82, 2.24) is 0 Å². The molecule has 6 nitrogen and oxygen atoms in total. The fourth-order valence-corrected chi connectivity index (χ4v) is 3.64. The minimum Gasteiger partial charge on any atom is -0.504 e. The molecule has 1 aliphatic heterocycles. The Morgan fingerprint density at radius 3 is 2.65 bits per heavy atom. The maximum Gasteiger partial charge on any atom is 0.189 e. The molecule has 0 aromatic heterocycles. The van der Waals surface area contributed by atoms with Gasteiger partial charge in [-0.3, -0.25) is 9.00 Å². The van der Waals surface area contributed by atoms with E-state index in [4.69, 9.17) is 14.2 Å². The minimum absolute atomic E-state index is 0.00987. The van der Waals surface area contributed by atoms with E-state index in [1.807, 2.05) is 0 Å². The molecule has 1 N–H and O–H groups in total. The summed E-state index contributed by atoms with van der Waals surface area (Å²) in [6.07, 6.45) is 2.96. The lowest BCUT2D eigenvalue weighted by molar-refractivity contribution is 0.104. The number of ether oxygens (including phenoxy) is 3. The van der Waals surface area contributed by atoms with E-state index in [9.17, 15) is 14.1 Å². The minimum atomic E-state index is -1.16. The number of ketones is 1. The van der Waals surface area contributed by atoms with Crippen molar-refractivity contribution >= 4 is 22.7 Å². The first-order chi connectivity index (χ1) is 12.5. The molecule has 2 aromatic carbocycles. The third kappa shape index (κ3) is 3.57. The average molecular weight is 374 g/mol. The van der Waals surface area contributed by atoms with Gasteiger partial charge in [0, 0.05) is 6.07 Å². The number of fused-ring (bicyclic) bond motifs is 1. The van der Waals surface area contributed by atoms with Gasteiger partial charge in [0.05, 0.1) is 41.2 Å². The molecule has 0 bridgehead atoms. The molecule has 0 fully saturated rings. The van der Waals surface area contributed by atoms with Crippen LogP contribution < -0.4 is 14.2 Å². The van der Waals surface area contributed by atoms with Crippen molar-refractivity contribution in [2.75, 3.05) is 26.6 Å². The van der Waals surface area contributed by atoms with Gasteiger partial charge in [-0.15, -0.1) is 0 Å². The number of phenols is 1. The SMILES string of the molecule is COc1ccc(/C=C/C(=O)c2cc3c(cc2OC)S(=O)CCO3)cc1O. The number of methoxy groups -OCH3 is 2. The largest absolute Gasteiger partial charge is 0.504 e. The molecule has 1 heterocycles. The molecule has 0 radical (unpaired) electrons. The van der Waals surface area contributed by atoms with E-state index in [1.54, 1.807) is 30.3 Å². The van der Waals surface area contributed by atoms with E-state index in [0.29, 0.717) is 45.6 Å². The van der Waals surface area contributed by atoms with Gasteiger partial charge in [-0.05, 0) is 29.8 Å².